The Morgan fingerprint density at radius 1 is 1.16 bits per heavy atom. The number of hydrogen-bond donors (Lipinski definition) is 3. The minimum atomic E-state index is -0.236. The van der Waals surface area contributed by atoms with Crippen LogP contribution in [0.2, 0.25) is 0 Å². The number of hydrogen-bond acceptors (Lipinski definition) is 2. The number of aromatic nitrogens is 1. The molecule has 0 aliphatic carbocycles. The van der Waals surface area contributed by atoms with Crippen molar-refractivity contribution in [3.05, 3.63) is 71.2 Å². The summed E-state index contributed by atoms with van der Waals surface area (Å²) in [6.07, 6.45) is 4.33. The van der Waals surface area contributed by atoms with Gasteiger partial charge in [-0.15, -0.1) is 0 Å². The normalized spacial score (nSPS) is 14.4. The van der Waals surface area contributed by atoms with Crippen molar-refractivity contribution < 1.29 is 9.18 Å². The minimum Gasteiger partial charge on any atom is -0.361 e. The van der Waals surface area contributed by atoms with E-state index in [9.17, 15) is 9.18 Å². The van der Waals surface area contributed by atoms with E-state index in [2.05, 4.69) is 27.8 Å². The van der Waals surface area contributed by atoms with E-state index in [1.54, 1.807) is 0 Å². The first kappa shape index (κ1) is 21.9. The zero-order chi connectivity index (χ0) is 22.3. The zero-order valence-electron chi connectivity index (χ0n) is 18.5. The number of H-pyrrole nitrogens is 1. The van der Waals surface area contributed by atoms with E-state index in [1.807, 2.05) is 36.2 Å². The van der Waals surface area contributed by atoms with Gasteiger partial charge in [-0.25, -0.2) is 9.38 Å². The molecule has 1 aliphatic rings. The van der Waals surface area contributed by atoms with Crippen LogP contribution in [0.4, 0.5) is 4.39 Å². The summed E-state index contributed by atoms with van der Waals surface area (Å²) in [4.78, 5) is 21.8. The van der Waals surface area contributed by atoms with Gasteiger partial charge in [0.25, 0.3) is 0 Å². The smallest absolute Gasteiger partial charge is 0.222 e. The molecule has 1 aromatic heterocycles. The molecule has 0 bridgehead atoms. The lowest BCUT2D eigenvalue weighted by atomic mass is 10.1. The molecule has 6 nitrogen and oxygen atoms in total. The predicted octanol–water partition coefficient (Wildman–Crippen LogP) is 3.73. The van der Waals surface area contributed by atoms with Gasteiger partial charge in [0.1, 0.15) is 5.82 Å². The highest BCUT2D eigenvalue weighted by Gasteiger charge is 2.20. The molecule has 168 valence electrons. The van der Waals surface area contributed by atoms with Gasteiger partial charge in [-0.3, -0.25) is 4.79 Å². The van der Waals surface area contributed by atoms with Crippen molar-refractivity contribution in [2.45, 2.75) is 39.3 Å². The van der Waals surface area contributed by atoms with Gasteiger partial charge in [-0.05, 0) is 54.7 Å². The molecular weight excluding hydrogens is 405 g/mol. The van der Waals surface area contributed by atoms with Gasteiger partial charge in [0.05, 0.1) is 6.54 Å². The molecule has 0 radical (unpaired) electrons. The van der Waals surface area contributed by atoms with Crippen LogP contribution in [-0.4, -0.2) is 41.4 Å². The fourth-order valence-electron chi connectivity index (χ4n) is 4.13. The van der Waals surface area contributed by atoms with Gasteiger partial charge in [-0.2, -0.15) is 0 Å². The second-order valence-corrected chi connectivity index (χ2v) is 8.06. The van der Waals surface area contributed by atoms with Gasteiger partial charge < -0.3 is 20.5 Å². The maximum Gasteiger partial charge on any atom is 0.222 e. The summed E-state index contributed by atoms with van der Waals surface area (Å²) < 4.78 is 13.4. The largest absolute Gasteiger partial charge is 0.361 e. The quantitative estimate of drug-likeness (QED) is 0.373. The summed E-state index contributed by atoms with van der Waals surface area (Å²) in [6, 6.07) is 13.0. The van der Waals surface area contributed by atoms with Gasteiger partial charge in [0.15, 0.2) is 5.96 Å². The molecule has 4 rings (SSSR count). The van der Waals surface area contributed by atoms with E-state index in [0.717, 1.165) is 59.5 Å². The lowest BCUT2D eigenvalue weighted by molar-refractivity contribution is -0.128. The summed E-state index contributed by atoms with van der Waals surface area (Å²) >= 11 is 0. The molecule has 0 unspecified atom stereocenters. The van der Waals surface area contributed by atoms with Crippen LogP contribution in [0.3, 0.4) is 0 Å². The number of carbonyl (C=O) groups excluding carboxylic acids is 1. The molecule has 1 aliphatic heterocycles. The van der Waals surface area contributed by atoms with E-state index < -0.39 is 0 Å². The highest BCUT2D eigenvalue weighted by atomic mass is 19.1. The number of likely N-dealkylation sites (tertiary alicyclic amines) is 1. The molecule has 32 heavy (non-hydrogen) atoms. The van der Waals surface area contributed by atoms with Gasteiger partial charge in [-0.1, -0.05) is 24.3 Å². The van der Waals surface area contributed by atoms with Crippen LogP contribution < -0.4 is 10.6 Å². The van der Waals surface area contributed by atoms with E-state index >= 15 is 0 Å². The van der Waals surface area contributed by atoms with Crippen molar-refractivity contribution >= 4 is 22.8 Å². The Morgan fingerprint density at radius 2 is 2.00 bits per heavy atom. The second-order valence-electron chi connectivity index (χ2n) is 8.06. The number of fused-ring (bicyclic) bond motifs is 1. The fourth-order valence-corrected chi connectivity index (χ4v) is 4.13. The number of nitrogens with zero attached hydrogens (tertiary/aromatic N) is 2. The third-order valence-electron chi connectivity index (χ3n) is 5.82. The maximum atomic E-state index is 13.4. The Bertz CT molecular complexity index is 1110. The standard InChI is InChI=1S/C25H30FN5O/c1-2-27-25(28-12-11-19-16-29-23-14-21(26)9-10-22(19)23)30-15-18-6-3-4-7-20(18)17-31-13-5-8-24(31)32/h3-4,6-7,9-10,14,16,29H,2,5,8,11-13,15,17H2,1H3,(H2,27,28,30). The Morgan fingerprint density at radius 3 is 2.78 bits per heavy atom. The van der Waals surface area contributed by atoms with E-state index in [0.29, 0.717) is 26.1 Å². The number of rotatable bonds is 8. The maximum absolute atomic E-state index is 13.4. The predicted molar refractivity (Wildman–Crippen MR) is 126 cm³/mol. The summed E-state index contributed by atoms with van der Waals surface area (Å²) in [5.41, 5.74) is 4.23. The second kappa shape index (κ2) is 10.3. The number of amides is 1. The molecule has 7 heteroatoms. The molecule has 1 amide bonds. The summed E-state index contributed by atoms with van der Waals surface area (Å²) in [5, 5.41) is 7.73. The number of guanidine groups is 1. The number of halogens is 1. The van der Waals surface area contributed by atoms with Crippen molar-refractivity contribution in [1.82, 2.24) is 20.5 Å². The number of nitrogens with one attached hydrogen (secondary N) is 3. The zero-order valence-corrected chi connectivity index (χ0v) is 18.5. The number of benzene rings is 2. The Kier molecular flexibility index (Phi) is 7.04. The van der Waals surface area contributed by atoms with E-state index in [4.69, 9.17) is 4.99 Å². The summed E-state index contributed by atoms with van der Waals surface area (Å²) in [5.74, 6) is 0.753. The summed E-state index contributed by atoms with van der Waals surface area (Å²) in [7, 11) is 0. The minimum absolute atomic E-state index is 0.235. The molecule has 1 fully saturated rings. The first-order chi connectivity index (χ1) is 15.6. The van der Waals surface area contributed by atoms with Gasteiger partial charge in [0.2, 0.25) is 5.91 Å². The highest BCUT2D eigenvalue weighted by molar-refractivity contribution is 5.83. The monoisotopic (exact) mass is 435 g/mol. The Hall–Kier alpha value is -3.35. The molecule has 2 aromatic carbocycles. The van der Waals surface area contributed by atoms with Crippen LogP contribution in [0.5, 0.6) is 0 Å². The summed E-state index contributed by atoms with van der Waals surface area (Å²) in [6.45, 7) is 5.54. The molecule has 3 N–H and O–H groups in total. The third-order valence-corrected chi connectivity index (χ3v) is 5.82. The molecule has 0 atom stereocenters. The van der Waals surface area contributed by atoms with Crippen LogP contribution in [-0.2, 0) is 24.3 Å². The van der Waals surface area contributed by atoms with Crippen molar-refractivity contribution in [3.8, 4) is 0 Å². The SMILES string of the molecule is CCNC(=NCc1ccccc1CN1CCCC1=O)NCCc1c[nH]c2cc(F)ccc12. The first-order valence-corrected chi connectivity index (χ1v) is 11.3. The van der Waals surface area contributed by atoms with Gasteiger partial charge >= 0.3 is 0 Å². The number of aliphatic imine (C=N–C) groups is 1. The van der Waals surface area contributed by atoms with Crippen LogP contribution in [0, 0.1) is 5.82 Å². The van der Waals surface area contributed by atoms with Crippen molar-refractivity contribution in [3.63, 3.8) is 0 Å². The van der Waals surface area contributed by atoms with Crippen LogP contribution in [0.1, 0.15) is 36.5 Å². The molecular formula is C25H30FN5O. The number of carbonyl (C=O) groups is 1. The van der Waals surface area contributed by atoms with E-state index in [1.165, 1.54) is 12.1 Å². The topological polar surface area (TPSA) is 72.5 Å². The van der Waals surface area contributed by atoms with Crippen molar-refractivity contribution in [1.29, 1.82) is 0 Å². The molecule has 2 heterocycles. The van der Waals surface area contributed by atoms with Crippen molar-refractivity contribution in [2.75, 3.05) is 19.6 Å². The molecule has 0 spiro atoms. The van der Waals surface area contributed by atoms with Crippen molar-refractivity contribution in [2.24, 2.45) is 4.99 Å². The third kappa shape index (κ3) is 5.28. The van der Waals surface area contributed by atoms with Crippen LogP contribution >= 0.6 is 0 Å². The van der Waals surface area contributed by atoms with E-state index in [-0.39, 0.29) is 11.7 Å². The molecule has 1 saturated heterocycles. The average molecular weight is 436 g/mol. The average Bonchev–Trinajstić information content (AvgIpc) is 3.38. The van der Waals surface area contributed by atoms with Crippen LogP contribution in [0.15, 0.2) is 53.7 Å². The fraction of sp³-hybridized carbons (Fsp3) is 0.360. The lowest BCUT2D eigenvalue weighted by Gasteiger charge is -2.18. The Balaban J connectivity index is 1.38. The molecule has 0 saturated carbocycles. The number of aromatic amines is 1. The van der Waals surface area contributed by atoms with Crippen LogP contribution in [0.25, 0.3) is 10.9 Å². The van der Waals surface area contributed by atoms with Gasteiger partial charge in [0, 0.05) is 49.7 Å². The molecule has 3 aromatic rings. The highest BCUT2D eigenvalue weighted by Crippen LogP contribution is 2.20. The lowest BCUT2D eigenvalue weighted by Crippen LogP contribution is -2.38. The Labute approximate surface area is 187 Å². The first-order valence-electron chi connectivity index (χ1n) is 11.3.